The van der Waals surface area contributed by atoms with Crippen LogP contribution in [0, 0.1) is 9.81 Å². The number of hydrogen-bond donors (Lipinski definition) is 3. The van der Waals surface area contributed by atoms with Gasteiger partial charge in [-0.3, -0.25) is 9.59 Å². The van der Waals surface area contributed by atoms with Crippen molar-refractivity contribution in [3.8, 4) is 0 Å². The van der Waals surface area contributed by atoms with Crippen LogP contribution in [0.4, 0.5) is 5.69 Å². The number of amides is 1. The van der Waals surface area contributed by atoms with Crippen LogP contribution in [0.5, 0.6) is 0 Å². The Kier molecular flexibility index (Phi) is 6.47. The van der Waals surface area contributed by atoms with Gasteiger partial charge in [-0.25, -0.2) is 4.79 Å². The topological polar surface area (TPSA) is 156 Å². The predicted octanol–water partition coefficient (Wildman–Crippen LogP) is 0.864. The lowest BCUT2D eigenvalue weighted by molar-refractivity contribution is -0.486. The van der Waals surface area contributed by atoms with Crippen molar-refractivity contribution >= 4 is 23.5 Å². The van der Waals surface area contributed by atoms with E-state index in [1.807, 2.05) is 0 Å². The molecule has 0 spiro atoms. The van der Waals surface area contributed by atoms with E-state index in [1.165, 1.54) is 31.3 Å². The number of aliphatic carboxylic acids is 2. The number of nitrogens with zero attached hydrogens (tertiary/aromatic N) is 3. The molecule has 0 unspecified atom stereocenters. The molecule has 1 aromatic carbocycles. The molecule has 0 aliphatic heterocycles. The Morgan fingerprint density at radius 2 is 1.83 bits per heavy atom. The molecular formula is C13H15N4O7+. The Bertz CT molecular complexity index is 659. The number of carbonyl (C=O) groups is 3. The molecule has 0 heterocycles. The van der Waals surface area contributed by atoms with E-state index < -0.39 is 36.7 Å². The summed E-state index contributed by atoms with van der Waals surface area (Å²) in [5.74, 6) is -3.81. The van der Waals surface area contributed by atoms with E-state index in [4.69, 9.17) is 10.2 Å². The van der Waals surface area contributed by atoms with Crippen LogP contribution in [0.3, 0.4) is 0 Å². The van der Waals surface area contributed by atoms with Gasteiger partial charge in [-0.15, -0.1) is 10.3 Å². The van der Waals surface area contributed by atoms with E-state index in [9.17, 15) is 24.2 Å². The van der Waals surface area contributed by atoms with E-state index in [2.05, 4.69) is 10.7 Å². The number of carboxylic acid groups (broad SMARTS) is 2. The van der Waals surface area contributed by atoms with Crippen molar-refractivity contribution in [2.45, 2.75) is 18.9 Å². The molecule has 0 saturated carbocycles. The monoisotopic (exact) mass is 339 g/mol. The van der Waals surface area contributed by atoms with Crippen molar-refractivity contribution in [3.63, 3.8) is 0 Å². The van der Waals surface area contributed by atoms with Gasteiger partial charge in [0.1, 0.15) is 10.6 Å². The summed E-state index contributed by atoms with van der Waals surface area (Å²) in [5, 5.41) is 20.3. The summed E-state index contributed by atoms with van der Waals surface area (Å²) >= 11 is 0. The normalized spacial score (nSPS) is 11.2. The minimum absolute atomic E-state index is 0.0460. The molecule has 1 atom stereocenters. The van der Waals surface area contributed by atoms with Gasteiger partial charge < -0.3 is 10.2 Å². The highest BCUT2D eigenvalue weighted by molar-refractivity contribution is 5.96. The van der Waals surface area contributed by atoms with Crippen molar-refractivity contribution in [2.75, 3.05) is 12.5 Å². The molecule has 1 amide bonds. The lowest BCUT2D eigenvalue weighted by Gasteiger charge is -2.20. The molecule has 11 nitrogen and oxygen atoms in total. The Labute approximate surface area is 135 Å². The number of anilines is 1. The van der Waals surface area contributed by atoms with Crippen LogP contribution in [0.25, 0.3) is 0 Å². The zero-order chi connectivity index (χ0) is 18.3. The van der Waals surface area contributed by atoms with Gasteiger partial charge in [0.2, 0.25) is 7.05 Å². The Hall–Kier alpha value is -3.37. The van der Waals surface area contributed by atoms with Gasteiger partial charge in [0.05, 0.1) is 10.2 Å². The van der Waals surface area contributed by atoms with Crippen LogP contribution >= 0.6 is 0 Å². The summed E-state index contributed by atoms with van der Waals surface area (Å²) in [6, 6.07) is 3.58. The fourth-order valence-electron chi connectivity index (χ4n) is 1.85. The van der Waals surface area contributed by atoms with Crippen molar-refractivity contribution in [2.24, 2.45) is 5.29 Å². The molecule has 0 bridgehead atoms. The lowest BCUT2D eigenvalue weighted by Crippen LogP contribution is -2.41. The molecule has 0 aliphatic carbocycles. The molecule has 0 fully saturated rings. The van der Waals surface area contributed by atoms with E-state index in [0.717, 1.165) is 0 Å². The zero-order valence-electron chi connectivity index (χ0n) is 12.6. The quantitative estimate of drug-likeness (QED) is 0.340. The molecule has 11 heteroatoms. The largest absolute Gasteiger partial charge is 0.481 e. The number of carbonyl (C=O) groups excluding carboxylic acids is 1. The van der Waals surface area contributed by atoms with Crippen LogP contribution in [-0.2, 0) is 9.59 Å². The number of rotatable bonds is 9. The van der Waals surface area contributed by atoms with Crippen LogP contribution < -0.4 is 5.43 Å². The molecule has 0 aromatic heterocycles. The molecule has 1 aromatic rings. The minimum atomic E-state index is -1.70. The second kappa shape index (κ2) is 8.31. The summed E-state index contributed by atoms with van der Waals surface area (Å²) < 4.78 is 0. The van der Waals surface area contributed by atoms with Crippen LogP contribution in [0.15, 0.2) is 29.6 Å². The van der Waals surface area contributed by atoms with E-state index >= 15 is 0 Å². The van der Waals surface area contributed by atoms with Gasteiger partial charge in [-0.1, -0.05) is 0 Å². The van der Waals surface area contributed by atoms with E-state index in [1.54, 1.807) is 0 Å². The maximum Gasteiger partial charge on any atom is 0.328 e. The first-order chi connectivity index (χ1) is 11.3. The first-order valence-corrected chi connectivity index (χ1v) is 6.65. The fourth-order valence-corrected chi connectivity index (χ4v) is 1.85. The number of hydrogen-bond acceptors (Lipinski definition) is 6. The number of hydrazine groups is 1. The Balaban J connectivity index is 2.98. The smallest absolute Gasteiger partial charge is 0.328 e. The second-order valence-corrected chi connectivity index (χ2v) is 4.70. The molecule has 0 saturated heterocycles. The Morgan fingerprint density at radius 1 is 1.25 bits per heavy atom. The average molecular weight is 339 g/mol. The highest BCUT2D eigenvalue weighted by Gasteiger charge is 2.32. The van der Waals surface area contributed by atoms with Crippen molar-refractivity contribution in [1.82, 2.24) is 5.01 Å². The highest BCUT2D eigenvalue weighted by atomic mass is 16.4. The second-order valence-electron chi connectivity index (χ2n) is 4.70. The number of nitrogens with one attached hydrogen (secondary N) is 1. The van der Waals surface area contributed by atoms with Gasteiger partial charge in [0, 0.05) is 12.0 Å². The van der Waals surface area contributed by atoms with E-state index in [-0.39, 0.29) is 10.6 Å². The summed E-state index contributed by atoms with van der Waals surface area (Å²) in [7, 11) is 1.22. The zero-order valence-corrected chi connectivity index (χ0v) is 12.6. The number of carboxylic acids is 2. The standard InChI is InChI=1S/C13H14N4O7/c1-16(24)14-9-4-2-8(3-5-9)12(20)17(15-23)10(13(21)22)6-7-11(18)19/h2-5,10H,6-7H2,1H3,(H2-,14,18,19,20,21,22,24)/p+1/t10-/m0/s1. The third kappa shape index (κ3) is 5.12. The number of nitroso groups, excluding NO2 is 2. The molecule has 0 radical (unpaired) electrons. The van der Waals surface area contributed by atoms with Gasteiger partial charge in [-0.05, 0) is 30.7 Å². The number of benzene rings is 1. The van der Waals surface area contributed by atoms with Gasteiger partial charge in [-0.2, -0.15) is 5.01 Å². The molecule has 3 N–H and O–H groups in total. The highest BCUT2D eigenvalue weighted by Crippen LogP contribution is 2.16. The summed E-state index contributed by atoms with van der Waals surface area (Å²) in [4.78, 5) is 56.2. The Morgan fingerprint density at radius 3 is 2.25 bits per heavy atom. The summed E-state index contributed by atoms with van der Waals surface area (Å²) in [6.07, 6.45) is -1.02. The molecule has 0 aliphatic rings. The fraction of sp³-hybridized carbons (Fsp3) is 0.308. The van der Waals surface area contributed by atoms with E-state index in [0.29, 0.717) is 10.6 Å². The van der Waals surface area contributed by atoms with Crippen LogP contribution in [-0.4, -0.2) is 51.0 Å². The SMILES string of the molecule is C[N+](=O)Nc1ccc(C(=O)N(N=O)[C@@H](CCC(=O)O)C(=O)O)cc1. The maximum atomic E-state index is 12.2. The first-order valence-electron chi connectivity index (χ1n) is 6.65. The van der Waals surface area contributed by atoms with Gasteiger partial charge >= 0.3 is 11.9 Å². The van der Waals surface area contributed by atoms with Crippen molar-refractivity contribution in [3.05, 3.63) is 39.6 Å². The molecule has 1 rings (SSSR count). The molecule has 128 valence electrons. The third-order valence-corrected chi connectivity index (χ3v) is 2.93. The average Bonchev–Trinajstić information content (AvgIpc) is 2.50. The minimum Gasteiger partial charge on any atom is -0.481 e. The first kappa shape index (κ1) is 18.7. The van der Waals surface area contributed by atoms with Crippen molar-refractivity contribution < 1.29 is 29.5 Å². The maximum absolute atomic E-state index is 12.2. The summed E-state index contributed by atoms with van der Waals surface area (Å²) in [6.45, 7) is 0. The predicted molar refractivity (Wildman–Crippen MR) is 79.9 cm³/mol. The lowest BCUT2D eigenvalue weighted by atomic mass is 10.1. The van der Waals surface area contributed by atoms with Crippen LogP contribution in [0.1, 0.15) is 23.2 Å². The van der Waals surface area contributed by atoms with Crippen LogP contribution in [0.2, 0.25) is 0 Å². The molecular weight excluding hydrogens is 324 g/mol. The van der Waals surface area contributed by atoms with Crippen molar-refractivity contribution in [1.29, 1.82) is 0 Å². The molecule has 24 heavy (non-hydrogen) atoms. The third-order valence-electron chi connectivity index (χ3n) is 2.93. The summed E-state index contributed by atoms with van der Waals surface area (Å²) in [5.41, 5.74) is 2.72. The van der Waals surface area contributed by atoms with Gasteiger partial charge in [0.25, 0.3) is 5.91 Å². The van der Waals surface area contributed by atoms with Gasteiger partial charge in [0.15, 0.2) is 6.04 Å².